The highest BCUT2D eigenvalue weighted by molar-refractivity contribution is 7.67. The first kappa shape index (κ1) is 12.3. The van der Waals surface area contributed by atoms with E-state index in [1.165, 1.54) is 16.7 Å². The molecule has 0 saturated carbocycles. The number of rotatable bonds is 2. The summed E-state index contributed by atoms with van der Waals surface area (Å²) >= 11 is 0. The van der Waals surface area contributed by atoms with Crippen molar-refractivity contribution in [3.63, 3.8) is 0 Å². The predicted molar refractivity (Wildman–Crippen MR) is 75.5 cm³/mol. The first-order chi connectivity index (χ1) is 8.09. The molecule has 0 bridgehead atoms. The van der Waals surface area contributed by atoms with Crippen LogP contribution < -0.4 is 10.6 Å². The van der Waals surface area contributed by atoms with Gasteiger partial charge in [0.2, 0.25) is 0 Å². The van der Waals surface area contributed by atoms with Gasteiger partial charge in [-0.2, -0.15) is 0 Å². The average Bonchev–Trinajstić information content (AvgIpc) is 2.28. The molecular weight excluding hydrogens is 227 g/mol. The molecule has 1 atom stereocenters. The Balaban J connectivity index is 2.48. The lowest BCUT2D eigenvalue weighted by Gasteiger charge is -2.17. The summed E-state index contributed by atoms with van der Waals surface area (Å²) in [6.07, 6.45) is 0. The smallest absolute Gasteiger partial charge is 0.0882 e. The summed E-state index contributed by atoms with van der Waals surface area (Å²) in [5.74, 6) is 0. The molecule has 0 aliphatic rings. The fraction of sp³-hybridized carbons (Fsp3) is 0.200. The van der Waals surface area contributed by atoms with Crippen molar-refractivity contribution in [3.8, 4) is 0 Å². The van der Waals surface area contributed by atoms with E-state index in [1.54, 1.807) is 0 Å². The Kier molecular flexibility index (Phi) is 3.61. The summed E-state index contributed by atoms with van der Waals surface area (Å²) in [5, 5.41) is 2.11. The highest BCUT2D eigenvalue weighted by Gasteiger charge is 2.15. The summed E-state index contributed by atoms with van der Waals surface area (Å²) in [5.41, 5.74) is 3.61. The zero-order valence-electron chi connectivity index (χ0n) is 10.4. The lowest BCUT2D eigenvalue weighted by molar-refractivity contribution is 0.644. The lowest BCUT2D eigenvalue weighted by Crippen LogP contribution is -2.17. The van der Waals surface area contributed by atoms with E-state index in [4.69, 9.17) is 0 Å². The van der Waals surface area contributed by atoms with E-state index in [0.29, 0.717) is 0 Å². The van der Waals surface area contributed by atoms with E-state index in [0.717, 1.165) is 10.6 Å². The molecule has 88 valence electrons. The Bertz CT molecular complexity index is 497. The molecule has 0 spiro atoms. The Morgan fingerprint density at radius 2 is 1.41 bits per heavy atom. The zero-order valence-corrected chi connectivity index (χ0v) is 11.3. The first-order valence-corrected chi connectivity index (χ1v) is 7.01. The Labute approximate surface area is 104 Å². The molecule has 0 aliphatic heterocycles. The summed E-state index contributed by atoms with van der Waals surface area (Å²) in [6.45, 7) is 6.24. The van der Waals surface area contributed by atoms with E-state index in [-0.39, 0.29) is 0 Å². The summed E-state index contributed by atoms with van der Waals surface area (Å²) < 4.78 is 0. The number of hydrogen-bond acceptors (Lipinski definition) is 1. The molecule has 2 aromatic rings. The second-order valence-electron chi connectivity index (χ2n) is 4.39. The molecule has 1 nitrogen and oxygen atoms in total. The average molecular weight is 244 g/mol. The van der Waals surface area contributed by atoms with E-state index in [9.17, 15) is 4.89 Å². The van der Waals surface area contributed by atoms with Gasteiger partial charge in [0.1, 0.15) is 0 Å². The molecule has 2 aromatic carbocycles. The minimum absolute atomic E-state index is 1.01. The van der Waals surface area contributed by atoms with Gasteiger partial charge in [-0.05, 0) is 31.9 Å². The van der Waals surface area contributed by atoms with E-state index in [2.05, 4.69) is 32.9 Å². The van der Waals surface area contributed by atoms with Crippen molar-refractivity contribution in [2.75, 3.05) is 0 Å². The SMILES string of the molecule is Cc1cc(C)c(P(O)c2ccccc2)c(C)c1. The topological polar surface area (TPSA) is 20.2 Å². The van der Waals surface area contributed by atoms with Crippen LogP contribution in [0.5, 0.6) is 0 Å². The first-order valence-electron chi connectivity index (χ1n) is 5.71. The fourth-order valence-corrected chi connectivity index (χ4v) is 3.71. The van der Waals surface area contributed by atoms with Gasteiger partial charge in [0.25, 0.3) is 0 Å². The summed E-state index contributed by atoms with van der Waals surface area (Å²) in [6, 6.07) is 14.2. The molecule has 0 saturated heterocycles. The van der Waals surface area contributed by atoms with Gasteiger partial charge in [0, 0.05) is 10.6 Å². The van der Waals surface area contributed by atoms with Crippen molar-refractivity contribution < 1.29 is 4.89 Å². The third-order valence-corrected chi connectivity index (χ3v) is 4.76. The molecule has 2 heteroatoms. The fourth-order valence-electron chi connectivity index (χ4n) is 2.20. The molecule has 0 heterocycles. The van der Waals surface area contributed by atoms with Crippen LogP contribution in [-0.4, -0.2) is 4.89 Å². The van der Waals surface area contributed by atoms with Crippen LogP contribution in [0, 0.1) is 20.8 Å². The highest BCUT2D eigenvalue weighted by atomic mass is 31.1. The van der Waals surface area contributed by atoms with Crippen LogP contribution in [0.2, 0.25) is 0 Å². The van der Waals surface area contributed by atoms with Gasteiger partial charge in [0.05, 0.1) is 8.15 Å². The number of benzene rings is 2. The highest BCUT2D eigenvalue weighted by Crippen LogP contribution is 2.31. The monoisotopic (exact) mass is 244 g/mol. The number of hydrogen-bond donors (Lipinski definition) is 1. The maximum absolute atomic E-state index is 10.5. The molecule has 2 rings (SSSR count). The molecule has 17 heavy (non-hydrogen) atoms. The minimum Gasteiger partial charge on any atom is -0.364 e. The molecule has 0 radical (unpaired) electrons. The second kappa shape index (κ2) is 5.00. The van der Waals surface area contributed by atoms with Gasteiger partial charge < -0.3 is 4.89 Å². The summed E-state index contributed by atoms with van der Waals surface area (Å²) in [7, 11) is -1.22. The van der Waals surface area contributed by atoms with E-state index >= 15 is 0 Å². The second-order valence-corrected chi connectivity index (χ2v) is 5.98. The predicted octanol–water partition coefficient (Wildman–Crippen LogP) is 2.95. The molecule has 0 amide bonds. The van der Waals surface area contributed by atoms with Crippen molar-refractivity contribution in [2.24, 2.45) is 0 Å². The molecule has 1 unspecified atom stereocenters. The molecule has 0 aliphatic carbocycles. The van der Waals surface area contributed by atoms with Crippen molar-refractivity contribution >= 4 is 18.8 Å². The van der Waals surface area contributed by atoms with Crippen LogP contribution in [0.3, 0.4) is 0 Å². The van der Waals surface area contributed by atoms with Crippen LogP contribution in [-0.2, 0) is 0 Å². The van der Waals surface area contributed by atoms with Crippen molar-refractivity contribution in [2.45, 2.75) is 20.8 Å². The van der Waals surface area contributed by atoms with Gasteiger partial charge in [-0.3, -0.25) is 0 Å². The van der Waals surface area contributed by atoms with Crippen LogP contribution in [0.15, 0.2) is 42.5 Å². The van der Waals surface area contributed by atoms with Crippen LogP contribution in [0.4, 0.5) is 0 Å². The quantitative estimate of drug-likeness (QED) is 0.805. The molecular formula is C15H17OP. The summed E-state index contributed by atoms with van der Waals surface area (Å²) in [4.78, 5) is 10.5. The third kappa shape index (κ3) is 2.57. The van der Waals surface area contributed by atoms with Gasteiger partial charge in [-0.25, -0.2) is 0 Å². The van der Waals surface area contributed by atoms with Gasteiger partial charge in [0.15, 0.2) is 0 Å². The lowest BCUT2D eigenvalue weighted by atomic mass is 10.1. The van der Waals surface area contributed by atoms with Gasteiger partial charge >= 0.3 is 0 Å². The standard InChI is InChI=1S/C15H17OP/c1-11-9-12(2)15(13(3)10-11)17(16)14-7-5-4-6-8-14/h4-10,16H,1-3H3. The van der Waals surface area contributed by atoms with Crippen LogP contribution in [0.25, 0.3) is 0 Å². The van der Waals surface area contributed by atoms with Crippen LogP contribution >= 0.6 is 8.15 Å². The largest absolute Gasteiger partial charge is 0.364 e. The van der Waals surface area contributed by atoms with Gasteiger partial charge in [-0.15, -0.1) is 0 Å². The molecule has 1 N–H and O–H groups in total. The van der Waals surface area contributed by atoms with Crippen LogP contribution in [0.1, 0.15) is 16.7 Å². The van der Waals surface area contributed by atoms with Crippen molar-refractivity contribution in [1.29, 1.82) is 0 Å². The van der Waals surface area contributed by atoms with E-state index < -0.39 is 8.15 Å². The molecule has 0 fully saturated rings. The number of aryl methyl sites for hydroxylation is 3. The van der Waals surface area contributed by atoms with Gasteiger partial charge in [-0.1, -0.05) is 48.0 Å². The normalized spacial score (nSPS) is 12.5. The molecule has 0 aromatic heterocycles. The van der Waals surface area contributed by atoms with Crippen molar-refractivity contribution in [1.82, 2.24) is 0 Å². The maximum atomic E-state index is 10.5. The maximum Gasteiger partial charge on any atom is 0.0882 e. The Morgan fingerprint density at radius 1 is 0.882 bits per heavy atom. The minimum atomic E-state index is -1.22. The Hall–Kier alpha value is -1.17. The van der Waals surface area contributed by atoms with Crippen molar-refractivity contribution in [3.05, 3.63) is 59.2 Å². The van der Waals surface area contributed by atoms with E-state index in [1.807, 2.05) is 30.3 Å². The Morgan fingerprint density at radius 3 is 1.94 bits per heavy atom. The third-order valence-electron chi connectivity index (χ3n) is 2.85. The zero-order chi connectivity index (χ0) is 12.4.